The van der Waals surface area contributed by atoms with Crippen molar-refractivity contribution in [1.82, 2.24) is 20.8 Å². The number of nitrogens with zero attached hydrogens (tertiary/aromatic N) is 2. The van der Waals surface area contributed by atoms with Crippen LogP contribution < -0.4 is 16.4 Å². The molecule has 88 valence electrons. The van der Waals surface area contributed by atoms with Crippen LogP contribution in [0.4, 0.5) is 9.93 Å². The van der Waals surface area contributed by atoms with Gasteiger partial charge in [0, 0.05) is 6.54 Å². The molecule has 0 unspecified atom stereocenters. The third kappa shape index (κ3) is 4.45. The number of imide groups is 1. The maximum Gasteiger partial charge on any atom is 0.321 e. The van der Waals surface area contributed by atoms with Crippen LogP contribution in [0.25, 0.3) is 0 Å². The van der Waals surface area contributed by atoms with Crippen LogP contribution in [0.1, 0.15) is 6.92 Å². The summed E-state index contributed by atoms with van der Waals surface area (Å²) in [5, 5.41) is 12.3. The first-order chi connectivity index (χ1) is 7.61. The fourth-order valence-electron chi connectivity index (χ4n) is 0.773. The Morgan fingerprint density at radius 2 is 2.25 bits per heavy atom. The highest BCUT2D eigenvalue weighted by Crippen LogP contribution is 2.22. The summed E-state index contributed by atoms with van der Waals surface area (Å²) in [4.78, 5) is 22.2. The number of urea groups is 1. The molecule has 0 aliphatic heterocycles. The summed E-state index contributed by atoms with van der Waals surface area (Å²) in [5.74, 6) is -0.282. The van der Waals surface area contributed by atoms with Gasteiger partial charge in [-0.3, -0.25) is 10.1 Å². The molecular formula is C7H11N5O2S2. The molecule has 1 aromatic rings. The highest BCUT2D eigenvalue weighted by molar-refractivity contribution is 8.01. The lowest BCUT2D eigenvalue weighted by atomic mass is 10.6. The Kier molecular flexibility index (Phi) is 4.99. The lowest BCUT2D eigenvalue weighted by Gasteiger charge is -2.02. The Morgan fingerprint density at radius 3 is 2.81 bits per heavy atom. The van der Waals surface area contributed by atoms with Crippen LogP contribution in [0, 0.1) is 0 Å². The minimum Gasteiger partial charge on any atom is -0.374 e. The van der Waals surface area contributed by atoms with E-state index in [1.807, 2.05) is 0 Å². The fourth-order valence-corrected chi connectivity index (χ4v) is 2.21. The number of anilines is 1. The van der Waals surface area contributed by atoms with Gasteiger partial charge in [-0.1, -0.05) is 23.1 Å². The number of carbonyl (C=O) groups excluding carboxylic acids is 2. The Hall–Kier alpha value is -1.35. The number of hydrogen-bond donors (Lipinski definition) is 3. The lowest BCUT2D eigenvalue weighted by Crippen LogP contribution is -2.40. The number of hydrogen-bond acceptors (Lipinski definition) is 7. The van der Waals surface area contributed by atoms with Gasteiger partial charge in [-0.05, 0) is 6.92 Å². The van der Waals surface area contributed by atoms with Crippen LogP contribution >= 0.6 is 23.1 Å². The molecule has 1 heterocycles. The molecule has 4 N–H and O–H groups in total. The predicted octanol–water partition coefficient (Wildman–Crippen LogP) is 0.0581. The van der Waals surface area contributed by atoms with Crippen molar-refractivity contribution in [3.05, 3.63) is 0 Å². The van der Waals surface area contributed by atoms with E-state index in [1.54, 1.807) is 6.92 Å². The zero-order valence-corrected chi connectivity index (χ0v) is 10.2. The Labute approximate surface area is 100 Å². The van der Waals surface area contributed by atoms with E-state index in [1.165, 1.54) is 23.1 Å². The van der Waals surface area contributed by atoms with Crippen LogP contribution in [-0.4, -0.2) is 34.4 Å². The third-order valence-electron chi connectivity index (χ3n) is 1.34. The SMILES string of the molecule is CCNC(=O)NC(=O)CSc1nnc(N)s1. The molecule has 0 spiro atoms. The number of nitrogen functional groups attached to an aromatic ring is 1. The van der Waals surface area contributed by atoms with Crippen LogP contribution in [0.2, 0.25) is 0 Å². The number of nitrogens with two attached hydrogens (primary N) is 1. The van der Waals surface area contributed by atoms with Crippen LogP contribution in [0.15, 0.2) is 4.34 Å². The first-order valence-electron chi connectivity index (χ1n) is 4.41. The first kappa shape index (κ1) is 12.7. The van der Waals surface area contributed by atoms with Gasteiger partial charge in [-0.15, -0.1) is 10.2 Å². The van der Waals surface area contributed by atoms with E-state index >= 15 is 0 Å². The van der Waals surface area contributed by atoms with Crippen molar-refractivity contribution >= 4 is 40.2 Å². The second-order valence-electron chi connectivity index (χ2n) is 2.60. The monoisotopic (exact) mass is 261 g/mol. The minimum atomic E-state index is -0.495. The molecule has 1 rings (SSSR count). The van der Waals surface area contributed by atoms with Crippen LogP contribution in [-0.2, 0) is 4.79 Å². The molecule has 1 aromatic heterocycles. The third-order valence-corrected chi connectivity index (χ3v) is 3.22. The largest absolute Gasteiger partial charge is 0.374 e. The molecule has 9 heteroatoms. The minimum absolute atomic E-state index is 0.103. The molecular weight excluding hydrogens is 250 g/mol. The smallest absolute Gasteiger partial charge is 0.321 e. The van der Waals surface area contributed by atoms with Gasteiger partial charge in [-0.2, -0.15) is 0 Å². The molecule has 0 bridgehead atoms. The summed E-state index contributed by atoms with van der Waals surface area (Å²) in [6.45, 7) is 2.24. The van der Waals surface area contributed by atoms with Crippen molar-refractivity contribution in [2.75, 3.05) is 18.0 Å². The zero-order chi connectivity index (χ0) is 12.0. The first-order valence-corrected chi connectivity index (χ1v) is 6.21. The van der Waals surface area contributed by atoms with Gasteiger partial charge in [0.2, 0.25) is 11.0 Å². The highest BCUT2D eigenvalue weighted by atomic mass is 32.2. The normalized spacial score (nSPS) is 9.81. The van der Waals surface area contributed by atoms with Gasteiger partial charge in [-0.25, -0.2) is 4.79 Å². The second-order valence-corrected chi connectivity index (χ2v) is 4.83. The molecule has 0 aliphatic rings. The molecule has 0 fully saturated rings. The van der Waals surface area contributed by atoms with Gasteiger partial charge in [0.25, 0.3) is 0 Å². The maximum absolute atomic E-state index is 11.2. The van der Waals surface area contributed by atoms with Crippen LogP contribution in [0.5, 0.6) is 0 Å². The van der Waals surface area contributed by atoms with E-state index in [0.717, 1.165) is 0 Å². The molecule has 0 radical (unpaired) electrons. The van der Waals surface area contributed by atoms with E-state index in [9.17, 15) is 9.59 Å². The number of thioether (sulfide) groups is 1. The summed E-state index contributed by atoms with van der Waals surface area (Å²) in [6.07, 6.45) is 0. The number of aromatic nitrogens is 2. The predicted molar refractivity (Wildman–Crippen MR) is 62.3 cm³/mol. The average Bonchev–Trinajstić information content (AvgIpc) is 2.61. The summed E-state index contributed by atoms with van der Waals surface area (Å²) < 4.78 is 0.601. The number of nitrogens with one attached hydrogen (secondary N) is 2. The Bertz CT molecular complexity index is 381. The summed E-state index contributed by atoms with van der Waals surface area (Å²) in [7, 11) is 0. The summed E-state index contributed by atoms with van der Waals surface area (Å²) in [5.41, 5.74) is 5.37. The van der Waals surface area contributed by atoms with Crippen molar-refractivity contribution in [3.63, 3.8) is 0 Å². The maximum atomic E-state index is 11.2. The summed E-state index contributed by atoms with van der Waals surface area (Å²) in [6, 6.07) is -0.495. The molecule has 0 aliphatic carbocycles. The molecule has 0 saturated heterocycles. The number of amides is 3. The Balaban J connectivity index is 2.27. The van der Waals surface area contributed by atoms with Crippen molar-refractivity contribution in [3.8, 4) is 0 Å². The number of carbonyl (C=O) groups is 2. The van der Waals surface area contributed by atoms with Crippen molar-refractivity contribution in [1.29, 1.82) is 0 Å². The standard InChI is InChI=1S/C7H11N5O2S2/c1-2-9-6(14)10-4(13)3-15-7-12-11-5(8)16-7/h2-3H2,1H3,(H2,8,11)(H2,9,10,13,14). The van der Waals surface area contributed by atoms with Crippen molar-refractivity contribution in [2.24, 2.45) is 0 Å². The van der Waals surface area contributed by atoms with E-state index in [0.29, 0.717) is 16.0 Å². The van der Waals surface area contributed by atoms with E-state index < -0.39 is 6.03 Å². The van der Waals surface area contributed by atoms with E-state index in [-0.39, 0.29) is 11.7 Å². The number of rotatable bonds is 4. The molecule has 0 atom stereocenters. The van der Waals surface area contributed by atoms with Gasteiger partial charge < -0.3 is 11.1 Å². The second kappa shape index (κ2) is 6.28. The fraction of sp³-hybridized carbons (Fsp3) is 0.429. The van der Waals surface area contributed by atoms with Gasteiger partial charge in [0.1, 0.15) is 0 Å². The summed E-state index contributed by atoms with van der Waals surface area (Å²) >= 11 is 2.38. The molecule has 16 heavy (non-hydrogen) atoms. The van der Waals surface area contributed by atoms with Gasteiger partial charge >= 0.3 is 6.03 Å². The van der Waals surface area contributed by atoms with Gasteiger partial charge in [0.15, 0.2) is 4.34 Å². The van der Waals surface area contributed by atoms with Crippen molar-refractivity contribution < 1.29 is 9.59 Å². The average molecular weight is 261 g/mol. The lowest BCUT2D eigenvalue weighted by molar-refractivity contribution is -0.117. The zero-order valence-electron chi connectivity index (χ0n) is 8.52. The van der Waals surface area contributed by atoms with Crippen molar-refractivity contribution in [2.45, 2.75) is 11.3 Å². The van der Waals surface area contributed by atoms with Gasteiger partial charge in [0.05, 0.1) is 5.75 Å². The molecule has 3 amide bonds. The Morgan fingerprint density at radius 1 is 1.50 bits per heavy atom. The molecule has 0 aromatic carbocycles. The topological polar surface area (TPSA) is 110 Å². The molecule has 7 nitrogen and oxygen atoms in total. The van der Waals surface area contributed by atoms with E-state index in [2.05, 4.69) is 20.8 Å². The van der Waals surface area contributed by atoms with E-state index in [4.69, 9.17) is 5.73 Å². The van der Waals surface area contributed by atoms with Crippen LogP contribution in [0.3, 0.4) is 0 Å². The quantitative estimate of drug-likeness (QED) is 0.661. The highest BCUT2D eigenvalue weighted by Gasteiger charge is 2.09. The molecule has 0 saturated carbocycles.